The number of aromatic nitrogens is 1. The second-order valence-corrected chi connectivity index (χ2v) is 7.38. The van der Waals surface area contributed by atoms with Crippen LogP contribution < -0.4 is 15.4 Å². The molecule has 2 amide bonds. The molecule has 0 atom stereocenters. The van der Waals surface area contributed by atoms with Crippen LogP contribution in [0.4, 0.5) is 5.13 Å². The molecular weight excluding hydrogens is 386 g/mol. The van der Waals surface area contributed by atoms with Crippen molar-refractivity contribution in [2.75, 3.05) is 19.5 Å². The van der Waals surface area contributed by atoms with Crippen LogP contribution in [0.25, 0.3) is 17.3 Å². The molecular formula is C22H21N3O3S. The first-order chi connectivity index (χ1) is 14.0. The van der Waals surface area contributed by atoms with E-state index in [-0.39, 0.29) is 11.8 Å². The van der Waals surface area contributed by atoms with Gasteiger partial charge in [0.05, 0.1) is 12.8 Å². The highest BCUT2D eigenvalue weighted by Crippen LogP contribution is 2.31. The molecule has 0 spiro atoms. The Morgan fingerprint density at radius 3 is 2.38 bits per heavy atom. The monoisotopic (exact) mass is 407 g/mol. The summed E-state index contributed by atoms with van der Waals surface area (Å²) in [5.41, 5.74) is 3.19. The smallest absolute Gasteiger partial charge is 0.251 e. The number of nitrogens with one attached hydrogen (secondary N) is 2. The average Bonchev–Trinajstić information content (AvgIpc) is 3.11. The highest BCUT2D eigenvalue weighted by molar-refractivity contribution is 7.16. The Morgan fingerprint density at radius 2 is 1.76 bits per heavy atom. The SMILES string of the molecule is CNC(=O)c1ccc(/C=C/C(=O)Nc2nc(-c3ccc(OC)cc3)c(C)s2)cc1. The van der Waals surface area contributed by atoms with Crippen LogP contribution in [0.15, 0.2) is 54.6 Å². The van der Waals surface area contributed by atoms with Crippen molar-refractivity contribution in [1.82, 2.24) is 10.3 Å². The van der Waals surface area contributed by atoms with Crippen LogP contribution in [0.5, 0.6) is 5.75 Å². The maximum Gasteiger partial charge on any atom is 0.251 e. The van der Waals surface area contributed by atoms with Gasteiger partial charge in [-0.1, -0.05) is 12.1 Å². The fourth-order valence-electron chi connectivity index (χ4n) is 2.68. The average molecular weight is 407 g/mol. The fraction of sp³-hybridized carbons (Fsp3) is 0.136. The number of carbonyl (C=O) groups excluding carboxylic acids is 2. The summed E-state index contributed by atoms with van der Waals surface area (Å²) in [5, 5.41) is 5.91. The predicted octanol–water partition coefficient (Wildman–Crippen LogP) is 4.14. The van der Waals surface area contributed by atoms with E-state index in [2.05, 4.69) is 15.6 Å². The van der Waals surface area contributed by atoms with Gasteiger partial charge in [0, 0.05) is 29.1 Å². The summed E-state index contributed by atoms with van der Waals surface area (Å²) in [7, 11) is 3.21. The van der Waals surface area contributed by atoms with Gasteiger partial charge in [-0.2, -0.15) is 0 Å². The minimum Gasteiger partial charge on any atom is -0.497 e. The third-order valence-corrected chi connectivity index (χ3v) is 5.10. The Bertz CT molecular complexity index is 1040. The molecule has 6 nitrogen and oxygen atoms in total. The number of hydrogen-bond donors (Lipinski definition) is 2. The van der Waals surface area contributed by atoms with Crippen LogP contribution in [0.2, 0.25) is 0 Å². The summed E-state index contributed by atoms with van der Waals surface area (Å²) in [6, 6.07) is 14.6. The lowest BCUT2D eigenvalue weighted by molar-refractivity contribution is -0.111. The topological polar surface area (TPSA) is 80.3 Å². The van der Waals surface area contributed by atoms with Gasteiger partial charge in [-0.15, -0.1) is 11.3 Å². The van der Waals surface area contributed by atoms with Crippen molar-refractivity contribution < 1.29 is 14.3 Å². The van der Waals surface area contributed by atoms with Crippen molar-refractivity contribution in [3.63, 3.8) is 0 Å². The van der Waals surface area contributed by atoms with E-state index in [1.165, 1.54) is 17.4 Å². The Balaban J connectivity index is 1.66. The zero-order valence-electron chi connectivity index (χ0n) is 16.4. The molecule has 0 radical (unpaired) electrons. The predicted molar refractivity (Wildman–Crippen MR) is 116 cm³/mol. The van der Waals surface area contributed by atoms with E-state index >= 15 is 0 Å². The number of rotatable bonds is 6. The van der Waals surface area contributed by atoms with E-state index < -0.39 is 0 Å². The Kier molecular flexibility index (Phi) is 6.41. The third-order valence-electron chi connectivity index (χ3n) is 4.22. The van der Waals surface area contributed by atoms with E-state index in [9.17, 15) is 9.59 Å². The molecule has 1 aromatic heterocycles. The number of thiazole rings is 1. The number of hydrogen-bond acceptors (Lipinski definition) is 5. The summed E-state index contributed by atoms with van der Waals surface area (Å²) in [6.07, 6.45) is 3.13. The molecule has 29 heavy (non-hydrogen) atoms. The largest absolute Gasteiger partial charge is 0.497 e. The molecule has 0 unspecified atom stereocenters. The van der Waals surface area contributed by atoms with Crippen molar-refractivity contribution in [3.8, 4) is 17.0 Å². The molecule has 2 N–H and O–H groups in total. The normalized spacial score (nSPS) is 10.7. The molecule has 1 heterocycles. The fourth-order valence-corrected chi connectivity index (χ4v) is 3.51. The van der Waals surface area contributed by atoms with Crippen LogP contribution in [-0.4, -0.2) is 31.0 Å². The number of ether oxygens (including phenoxy) is 1. The molecule has 0 fully saturated rings. The first kappa shape index (κ1) is 20.3. The van der Waals surface area contributed by atoms with E-state index in [0.717, 1.165) is 27.4 Å². The summed E-state index contributed by atoms with van der Waals surface area (Å²) >= 11 is 1.42. The van der Waals surface area contributed by atoms with Crippen molar-refractivity contribution in [3.05, 3.63) is 70.6 Å². The molecule has 3 aromatic rings. The molecule has 7 heteroatoms. The van der Waals surface area contributed by atoms with E-state index in [1.807, 2.05) is 31.2 Å². The molecule has 0 saturated heterocycles. The minimum atomic E-state index is -0.268. The van der Waals surface area contributed by atoms with E-state index in [1.54, 1.807) is 44.5 Å². The van der Waals surface area contributed by atoms with Crippen molar-refractivity contribution in [2.24, 2.45) is 0 Å². The summed E-state index contributed by atoms with van der Waals surface area (Å²) in [4.78, 5) is 29.3. The number of anilines is 1. The number of nitrogens with zero attached hydrogens (tertiary/aromatic N) is 1. The summed E-state index contributed by atoms with van der Waals surface area (Å²) < 4.78 is 5.18. The lowest BCUT2D eigenvalue weighted by atomic mass is 10.1. The Hall–Kier alpha value is -3.45. The van der Waals surface area contributed by atoms with Gasteiger partial charge >= 0.3 is 0 Å². The van der Waals surface area contributed by atoms with Crippen LogP contribution in [-0.2, 0) is 4.79 Å². The van der Waals surface area contributed by atoms with E-state index in [4.69, 9.17) is 4.74 Å². The second kappa shape index (κ2) is 9.16. The number of benzene rings is 2. The molecule has 0 saturated carbocycles. The quantitative estimate of drug-likeness (QED) is 0.602. The maximum atomic E-state index is 12.2. The molecule has 0 aliphatic rings. The maximum absolute atomic E-state index is 12.2. The van der Waals surface area contributed by atoms with Gasteiger partial charge in [0.1, 0.15) is 5.75 Å². The second-order valence-electron chi connectivity index (χ2n) is 6.18. The van der Waals surface area contributed by atoms with Gasteiger partial charge < -0.3 is 10.1 Å². The zero-order valence-corrected chi connectivity index (χ0v) is 17.2. The molecule has 0 aliphatic heterocycles. The summed E-state index contributed by atoms with van der Waals surface area (Å²) in [6.45, 7) is 1.97. The van der Waals surface area contributed by atoms with Gasteiger partial charge in [0.2, 0.25) is 5.91 Å². The van der Waals surface area contributed by atoms with Crippen molar-refractivity contribution >= 4 is 34.4 Å². The van der Waals surface area contributed by atoms with Gasteiger partial charge in [-0.25, -0.2) is 4.98 Å². The van der Waals surface area contributed by atoms with E-state index in [0.29, 0.717) is 10.7 Å². The Morgan fingerprint density at radius 1 is 1.07 bits per heavy atom. The first-order valence-electron chi connectivity index (χ1n) is 8.93. The third kappa shape index (κ3) is 5.08. The van der Waals surface area contributed by atoms with Crippen molar-refractivity contribution in [1.29, 1.82) is 0 Å². The van der Waals surface area contributed by atoms with Gasteiger partial charge in [0.25, 0.3) is 5.91 Å². The molecule has 148 valence electrons. The van der Waals surface area contributed by atoms with Crippen LogP contribution >= 0.6 is 11.3 Å². The van der Waals surface area contributed by atoms with Crippen LogP contribution in [0, 0.1) is 6.92 Å². The number of amides is 2. The molecule has 0 aliphatic carbocycles. The van der Waals surface area contributed by atoms with Crippen LogP contribution in [0.3, 0.4) is 0 Å². The molecule has 2 aromatic carbocycles. The highest BCUT2D eigenvalue weighted by atomic mass is 32.1. The summed E-state index contributed by atoms with van der Waals surface area (Å²) in [5.74, 6) is 0.365. The number of carbonyl (C=O) groups is 2. The van der Waals surface area contributed by atoms with Gasteiger partial charge in [0.15, 0.2) is 5.13 Å². The first-order valence-corrected chi connectivity index (χ1v) is 9.75. The Labute approximate surface area is 173 Å². The number of aryl methyl sites for hydroxylation is 1. The van der Waals surface area contributed by atoms with Gasteiger partial charge in [-0.05, 0) is 55.0 Å². The van der Waals surface area contributed by atoms with Crippen molar-refractivity contribution in [2.45, 2.75) is 6.92 Å². The lowest BCUT2D eigenvalue weighted by Crippen LogP contribution is -2.17. The number of methoxy groups -OCH3 is 1. The van der Waals surface area contributed by atoms with Crippen LogP contribution in [0.1, 0.15) is 20.8 Å². The lowest BCUT2D eigenvalue weighted by Gasteiger charge is -2.01. The molecule has 0 bridgehead atoms. The molecule has 3 rings (SSSR count). The van der Waals surface area contributed by atoms with Gasteiger partial charge in [-0.3, -0.25) is 14.9 Å². The highest BCUT2D eigenvalue weighted by Gasteiger charge is 2.11. The standard InChI is InChI=1S/C22H21N3O3S/c1-14-20(16-9-11-18(28-3)12-10-16)25-22(29-14)24-19(26)13-6-15-4-7-17(8-5-15)21(27)23-2/h4-13H,1-3H3,(H,23,27)(H,24,25,26)/b13-6+. The minimum absolute atomic E-state index is 0.148. The zero-order chi connectivity index (χ0) is 20.8.